The van der Waals surface area contributed by atoms with Crippen molar-refractivity contribution in [2.75, 3.05) is 12.4 Å². The predicted octanol–water partition coefficient (Wildman–Crippen LogP) is 5.30. The highest BCUT2D eigenvalue weighted by atomic mass is 35.5. The van der Waals surface area contributed by atoms with Gasteiger partial charge in [-0.2, -0.15) is 0 Å². The number of nitrogens with zero attached hydrogens (tertiary/aromatic N) is 2. The molecule has 0 aliphatic heterocycles. The second-order valence-corrected chi connectivity index (χ2v) is 5.82. The third-order valence-electron chi connectivity index (χ3n) is 3.75. The molecule has 0 radical (unpaired) electrons. The minimum atomic E-state index is 0.496. The molecule has 0 bridgehead atoms. The van der Waals surface area contributed by atoms with Gasteiger partial charge in [0.1, 0.15) is 11.6 Å². The summed E-state index contributed by atoms with van der Waals surface area (Å²) in [5, 5.41) is 4.82. The molecule has 1 N–H and O–H groups in total. The number of fused-ring (bicyclic) bond motifs is 1. The fraction of sp³-hybridized carbons (Fsp3) is 0.0526. The minimum absolute atomic E-state index is 0.496. The smallest absolute Gasteiger partial charge is 0.198 e. The Bertz CT molecular complexity index is 1010. The fourth-order valence-electron chi connectivity index (χ4n) is 2.53. The summed E-state index contributed by atoms with van der Waals surface area (Å²) >= 11 is 6.12. The molecule has 2 aromatic carbocycles. The highest BCUT2D eigenvalue weighted by Crippen LogP contribution is 2.29. The van der Waals surface area contributed by atoms with Gasteiger partial charge in [-0.25, -0.2) is 9.97 Å². The van der Waals surface area contributed by atoms with Crippen LogP contribution >= 0.6 is 11.6 Å². The second-order valence-electron chi connectivity index (χ2n) is 5.39. The van der Waals surface area contributed by atoms with Gasteiger partial charge in [0.2, 0.25) is 0 Å². The molecule has 6 heteroatoms. The monoisotopic (exact) mass is 351 g/mol. The number of methoxy groups -OCH3 is 1. The average molecular weight is 352 g/mol. The van der Waals surface area contributed by atoms with Crippen LogP contribution in [0.1, 0.15) is 0 Å². The summed E-state index contributed by atoms with van der Waals surface area (Å²) in [6, 6.07) is 16.8. The van der Waals surface area contributed by atoms with Crippen molar-refractivity contribution in [2.24, 2.45) is 0 Å². The third-order valence-corrected chi connectivity index (χ3v) is 3.99. The van der Waals surface area contributed by atoms with Crippen molar-refractivity contribution in [3.8, 4) is 17.3 Å². The largest absolute Gasteiger partial charge is 0.497 e. The van der Waals surface area contributed by atoms with E-state index >= 15 is 0 Å². The molecule has 5 nitrogen and oxygen atoms in total. The number of hydrogen-bond acceptors (Lipinski definition) is 5. The Balaban J connectivity index is 1.82. The van der Waals surface area contributed by atoms with Crippen LogP contribution in [0.15, 0.2) is 65.3 Å². The van der Waals surface area contributed by atoms with Gasteiger partial charge in [-0.05, 0) is 54.6 Å². The lowest BCUT2D eigenvalue weighted by Crippen LogP contribution is -1.99. The van der Waals surface area contributed by atoms with E-state index in [1.165, 1.54) is 0 Å². The van der Waals surface area contributed by atoms with Gasteiger partial charge in [-0.3, -0.25) is 0 Å². The van der Waals surface area contributed by atoms with E-state index in [1.54, 1.807) is 19.4 Å². The lowest BCUT2D eigenvalue weighted by molar-refractivity contribution is 0.415. The molecule has 0 saturated carbocycles. The highest BCUT2D eigenvalue weighted by molar-refractivity contribution is 6.31. The Morgan fingerprint density at radius 3 is 2.60 bits per heavy atom. The molecule has 0 amide bonds. The van der Waals surface area contributed by atoms with Crippen molar-refractivity contribution in [1.29, 1.82) is 0 Å². The number of aromatic nitrogens is 2. The zero-order valence-electron chi connectivity index (χ0n) is 13.4. The Hall–Kier alpha value is -3.05. The molecule has 0 atom stereocenters. The number of furan rings is 1. The molecule has 25 heavy (non-hydrogen) atoms. The van der Waals surface area contributed by atoms with E-state index in [0.29, 0.717) is 22.4 Å². The molecule has 4 rings (SSSR count). The van der Waals surface area contributed by atoms with E-state index < -0.39 is 0 Å². The number of hydrogen-bond donors (Lipinski definition) is 1. The maximum atomic E-state index is 6.12. The zero-order chi connectivity index (χ0) is 17.2. The topological polar surface area (TPSA) is 60.2 Å². The molecular formula is C19H14ClN3O2. The summed E-state index contributed by atoms with van der Waals surface area (Å²) in [6.45, 7) is 0. The van der Waals surface area contributed by atoms with Crippen molar-refractivity contribution >= 4 is 34.0 Å². The summed E-state index contributed by atoms with van der Waals surface area (Å²) in [7, 11) is 1.64. The van der Waals surface area contributed by atoms with Crippen molar-refractivity contribution in [3.05, 3.63) is 65.9 Å². The molecule has 2 aromatic heterocycles. The van der Waals surface area contributed by atoms with E-state index in [0.717, 1.165) is 22.3 Å². The molecule has 0 spiro atoms. The van der Waals surface area contributed by atoms with Gasteiger partial charge in [-0.1, -0.05) is 11.6 Å². The molecule has 0 aliphatic carbocycles. The van der Waals surface area contributed by atoms with Crippen LogP contribution in [0.5, 0.6) is 5.75 Å². The Morgan fingerprint density at radius 2 is 1.88 bits per heavy atom. The van der Waals surface area contributed by atoms with Crippen LogP contribution in [0.4, 0.5) is 11.5 Å². The average Bonchev–Trinajstić information content (AvgIpc) is 3.16. The molecule has 2 heterocycles. The number of benzene rings is 2. The number of halogens is 1. The normalized spacial score (nSPS) is 10.8. The molecule has 0 unspecified atom stereocenters. The maximum absolute atomic E-state index is 6.12. The first-order valence-electron chi connectivity index (χ1n) is 7.65. The number of nitrogens with one attached hydrogen (secondary N) is 1. The fourth-order valence-corrected chi connectivity index (χ4v) is 2.69. The van der Waals surface area contributed by atoms with Crippen molar-refractivity contribution in [2.45, 2.75) is 0 Å². The molecule has 0 aliphatic rings. The Morgan fingerprint density at radius 1 is 1.04 bits per heavy atom. The lowest BCUT2D eigenvalue weighted by Gasteiger charge is -2.11. The number of anilines is 2. The molecule has 0 saturated heterocycles. The summed E-state index contributed by atoms with van der Waals surface area (Å²) in [5.41, 5.74) is 1.63. The summed E-state index contributed by atoms with van der Waals surface area (Å²) in [4.78, 5) is 9.18. The van der Waals surface area contributed by atoms with Gasteiger partial charge >= 0.3 is 0 Å². The van der Waals surface area contributed by atoms with E-state index in [9.17, 15) is 0 Å². The molecular weight excluding hydrogens is 338 g/mol. The van der Waals surface area contributed by atoms with E-state index in [1.807, 2.05) is 48.5 Å². The van der Waals surface area contributed by atoms with Crippen molar-refractivity contribution in [3.63, 3.8) is 0 Å². The van der Waals surface area contributed by atoms with Gasteiger partial charge in [0.15, 0.2) is 11.6 Å². The van der Waals surface area contributed by atoms with Crippen LogP contribution in [0.3, 0.4) is 0 Å². The standard InChI is InChI=1S/C19H14ClN3O2/c1-24-14-7-5-13(6-8-14)21-18-15-9-4-12(20)11-16(15)22-19(23-18)17-3-2-10-25-17/h2-11H,1H3,(H,21,22,23). The van der Waals surface area contributed by atoms with E-state index in [4.69, 9.17) is 20.8 Å². The first-order valence-corrected chi connectivity index (χ1v) is 8.03. The summed E-state index contributed by atoms with van der Waals surface area (Å²) < 4.78 is 10.6. The molecule has 0 fully saturated rings. The minimum Gasteiger partial charge on any atom is -0.497 e. The molecule has 124 valence electrons. The van der Waals surface area contributed by atoms with Crippen LogP contribution in [-0.2, 0) is 0 Å². The van der Waals surface area contributed by atoms with Crippen LogP contribution in [0.25, 0.3) is 22.5 Å². The highest BCUT2D eigenvalue weighted by Gasteiger charge is 2.12. The van der Waals surface area contributed by atoms with E-state index in [2.05, 4.69) is 15.3 Å². The second kappa shape index (κ2) is 6.45. The quantitative estimate of drug-likeness (QED) is 0.541. The Labute approximate surface area is 149 Å². The van der Waals surface area contributed by atoms with Crippen LogP contribution < -0.4 is 10.1 Å². The van der Waals surface area contributed by atoms with Crippen molar-refractivity contribution < 1.29 is 9.15 Å². The van der Waals surface area contributed by atoms with Gasteiger partial charge < -0.3 is 14.5 Å². The summed E-state index contributed by atoms with van der Waals surface area (Å²) in [5.74, 6) is 2.56. The summed E-state index contributed by atoms with van der Waals surface area (Å²) in [6.07, 6.45) is 1.59. The van der Waals surface area contributed by atoms with Crippen LogP contribution in [0.2, 0.25) is 5.02 Å². The van der Waals surface area contributed by atoms with Crippen LogP contribution in [0, 0.1) is 0 Å². The lowest BCUT2D eigenvalue weighted by atomic mass is 10.2. The number of rotatable bonds is 4. The van der Waals surface area contributed by atoms with Crippen molar-refractivity contribution in [1.82, 2.24) is 9.97 Å². The first kappa shape index (κ1) is 15.5. The van der Waals surface area contributed by atoms with Gasteiger partial charge in [0.25, 0.3) is 0 Å². The van der Waals surface area contributed by atoms with Gasteiger partial charge in [-0.15, -0.1) is 0 Å². The van der Waals surface area contributed by atoms with Crippen LogP contribution in [-0.4, -0.2) is 17.1 Å². The number of ether oxygens (including phenoxy) is 1. The molecule has 4 aromatic rings. The SMILES string of the molecule is COc1ccc(Nc2nc(-c3ccco3)nc3cc(Cl)ccc23)cc1. The Kier molecular flexibility index (Phi) is 3.99. The van der Waals surface area contributed by atoms with Gasteiger partial charge in [0, 0.05) is 16.1 Å². The third kappa shape index (κ3) is 3.14. The van der Waals surface area contributed by atoms with Gasteiger partial charge in [0.05, 0.1) is 18.9 Å². The first-order chi connectivity index (χ1) is 12.2. The predicted molar refractivity (Wildman–Crippen MR) is 98.5 cm³/mol. The zero-order valence-corrected chi connectivity index (χ0v) is 14.1. The maximum Gasteiger partial charge on any atom is 0.198 e. The van der Waals surface area contributed by atoms with E-state index in [-0.39, 0.29) is 0 Å².